The second kappa shape index (κ2) is 10.7. The predicted octanol–water partition coefficient (Wildman–Crippen LogP) is -3.16. The van der Waals surface area contributed by atoms with Gasteiger partial charge in [-0.1, -0.05) is 0 Å². The van der Waals surface area contributed by atoms with Gasteiger partial charge in [-0.2, -0.15) is 0 Å². The molecule has 0 fully saturated rings. The normalized spacial score (nSPS) is 14.8. The van der Waals surface area contributed by atoms with Crippen LogP contribution in [-0.4, -0.2) is 75.1 Å². The van der Waals surface area contributed by atoms with Gasteiger partial charge in [-0.15, -0.1) is 0 Å². The number of hydrogen-bond acceptors (Lipinski definition) is 7. The van der Waals surface area contributed by atoms with Crippen molar-refractivity contribution in [3.8, 4) is 0 Å². The SMILES string of the molecule is C[C@H](NC(=O)[C@H](CC(=O)O)NC(=O)[C@H](C)NC(=O)[C@@H](N)CC(=O)O)C(=O)O. The molecular formula is C14H22N4O9. The number of hydrogen-bond donors (Lipinski definition) is 7. The molecule has 0 rings (SSSR count). The van der Waals surface area contributed by atoms with Crippen LogP contribution in [0.15, 0.2) is 0 Å². The summed E-state index contributed by atoms with van der Waals surface area (Å²) in [5.74, 6) is -7.04. The van der Waals surface area contributed by atoms with E-state index in [9.17, 15) is 28.8 Å². The highest BCUT2D eigenvalue weighted by atomic mass is 16.4. The van der Waals surface area contributed by atoms with E-state index in [1.165, 1.54) is 6.92 Å². The van der Waals surface area contributed by atoms with Gasteiger partial charge >= 0.3 is 17.9 Å². The minimum absolute atomic E-state index is 0.669. The smallest absolute Gasteiger partial charge is 0.325 e. The third-order valence-corrected chi connectivity index (χ3v) is 3.22. The lowest BCUT2D eigenvalue weighted by Crippen LogP contribution is -2.56. The number of amides is 3. The number of nitrogens with two attached hydrogens (primary N) is 1. The summed E-state index contributed by atoms with van der Waals surface area (Å²) in [5, 5.41) is 32.4. The summed E-state index contributed by atoms with van der Waals surface area (Å²) in [5.41, 5.74) is 5.34. The number of aliphatic carboxylic acids is 3. The Morgan fingerprint density at radius 2 is 1.22 bits per heavy atom. The zero-order valence-electron chi connectivity index (χ0n) is 14.6. The Hall–Kier alpha value is -3.22. The van der Waals surface area contributed by atoms with Gasteiger partial charge in [0.2, 0.25) is 17.7 Å². The maximum atomic E-state index is 12.1. The van der Waals surface area contributed by atoms with Crippen molar-refractivity contribution in [2.24, 2.45) is 5.73 Å². The molecule has 0 spiro atoms. The first kappa shape index (κ1) is 23.8. The van der Waals surface area contributed by atoms with Crippen LogP contribution in [0.5, 0.6) is 0 Å². The summed E-state index contributed by atoms with van der Waals surface area (Å²) in [4.78, 5) is 67.9. The van der Waals surface area contributed by atoms with Crippen LogP contribution >= 0.6 is 0 Å². The van der Waals surface area contributed by atoms with Crippen molar-refractivity contribution in [2.75, 3.05) is 0 Å². The first-order valence-electron chi connectivity index (χ1n) is 7.68. The lowest BCUT2D eigenvalue weighted by atomic mass is 10.1. The van der Waals surface area contributed by atoms with E-state index in [-0.39, 0.29) is 0 Å². The summed E-state index contributed by atoms with van der Waals surface area (Å²) in [6.45, 7) is 2.35. The van der Waals surface area contributed by atoms with Crippen molar-refractivity contribution >= 4 is 35.6 Å². The zero-order valence-corrected chi connectivity index (χ0v) is 14.6. The van der Waals surface area contributed by atoms with Gasteiger partial charge in [0.25, 0.3) is 0 Å². The van der Waals surface area contributed by atoms with Crippen molar-refractivity contribution in [1.82, 2.24) is 16.0 Å². The number of carbonyl (C=O) groups excluding carboxylic acids is 3. The molecule has 0 aliphatic rings. The molecule has 0 aromatic heterocycles. The molecule has 0 aliphatic heterocycles. The van der Waals surface area contributed by atoms with Crippen molar-refractivity contribution in [1.29, 1.82) is 0 Å². The highest BCUT2D eigenvalue weighted by Gasteiger charge is 2.29. The Balaban J connectivity index is 4.94. The van der Waals surface area contributed by atoms with Gasteiger partial charge in [-0.3, -0.25) is 28.8 Å². The van der Waals surface area contributed by atoms with E-state index < -0.39 is 72.6 Å². The number of carbonyl (C=O) groups is 6. The minimum atomic E-state index is -1.59. The van der Waals surface area contributed by atoms with E-state index in [1.807, 2.05) is 5.32 Å². The van der Waals surface area contributed by atoms with Gasteiger partial charge in [0.1, 0.15) is 18.1 Å². The van der Waals surface area contributed by atoms with Crippen LogP contribution in [0, 0.1) is 0 Å². The van der Waals surface area contributed by atoms with Gasteiger partial charge in [-0.05, 0) is 13.8 Å². The quantitative estimate of drug-likeness (QED) is 0.187. The fraction of sp³-hybridized carbons (Fsp3) is 0.571. The molecule has 4 atom stereocenters. The lowest BCUT2D eigenvalue weighted by Gasteiger charge is -2.21. The van der Waals surface area contributed by atoms with Crippen LogP contribution in [-0.2, 0) is 28.8 Å². The summed E-state index contributed by atoms with van der Waals surface area (Å²) in [6.07, 6.45) is -1.50. The van der Waals surface area contributed by atoms with Crippen LogP contribution in [0.1, 0.15) is 26.7 Å². The van der Waals surface area contributed by atoms with Crippen LogP contribution in [0.3, 0.4) is 0 Å². The standard InChI is InChI=1S/C14H22N4O9/c1-5(16-12(24)7(15)3-9(19)20)11(23)18-8(4-10(21)22)13(25)17-6(2)14(26)27/h5-8H,3-4,15H2,1-2H3,(H,16,24)(H,17,25)(H,18,23)(H,19,20)(H,21,22)(H,26,27)/t5-,6-,7-,8-/m0/s1. The topological polar surface area (TPSA) is 225 Å². The summed E-state index contributed by atoms with van der Waals surface area (Å²) >= 11 is 0. The Bertz CT molecular complexity index is 622. The highest BCUT2D eigenvalue weighted by molar-refractivity contribution is 5.95. The van der Waals surface area contributed by atoms with Gasteiger partial charge < -0.3 is 37.0 Å². The van der Waals surface area contributed by atoms with Gasteiger partial charge in [0, 0.05) is 0 Å². The molecule has 0 aliphatic carbocycles. The summed E-state index contributed by atoms with van der Waals surface area (Å²) in [7, 11) is 0. The number of carboxylic acid groups (broad SMARTS) is 3. The van der Waals surface area contributed by atoms with E-state index in [4.69, 9.17) is 21.1 Å². The Morgan fingerprint density at radius 3 is 1.67 bits per heavy atom. The fourth-order valence-corrected chi connectivity index (χ4v) is 1.72. The number of nitrogens with one attached hydrogen (secondary N) is 3. The van der Waals surface area contributed by atoms with Gasteiger partial charge in [0.15, 0.2) is 0 Å². The molecule has 3 amide bonds. The van der Waals surface area contributed by atoms with Crippen LogP contribution < -0.4 is 21.7 Å². The maximum Gasteiger partial charge on any atom is 0.325 e. The molecule has 13 heteroatoms. The molecule has 0 unspecified atom stereocenters. The first-order chi connectivity index (χ1) is 12.3. The molecular weight excluding hydrogens is 368 g/mol. The molecule has 27 heavy (non-hydrogen) atoms. The molecule has 8 N–H and O–H groups in total. The molecule has 0 bridgehead atoms. The maximum absolute atomic E-state index is 12.1. The monoisotopic (exact) mass is 390 g/mol. The second-order valence-electron chi connectivity index (χ2n) is 5.66. The molecule has 0 aromatic rings. The lowest BCUT2D eigenvalue weighted by molar-refractivity contribution is -0.143. The molecule has 152 valence electrons. The van der Waals surface area contributed by atoms with E-state index in [0.29, 0.717) is 0 Å². The predicted molar refractivity (Wildman–Crippen MR) is 87.3 cm³/mol. The van der Waals surface area contributed by atoms with Gasteiger partial charge in [0.05, 0.1) is 18.9 Å². The van der Waals surface area contributed by atoms with E-state index in [1.54, 1.807) is 0 Å². The van der Waals surface area contributed by atoms with Gasteiger partial charge in [-0.25, -0.2) is 0 Å². The highest BCUT2D eigenvalue weighted by Crippen LogP contribution is 1.98. The molecule has 0 radical (unpaired) electrons. The van der Waals surface area contributed by atoms with E-state index >= 15 is 0 Å². The van der Waals surface area contributed by atoms with E-state index in [2.05, 4.69) is 10.6 Å². The third kappa shape index (κ3) is 9.15. The molecule has 0 aromatic carbocycles. The molecule has 0 heterocycles. The largest absolute Gasteiger partial charge is 0.481 e. The molecule has 13 nitrogen and oxygen atoms in total. The van der Waals surface area contributed by atoms with E-state index in [0.717, 1.165) is 6.92 Å². The number of rotatable bonds is 11. The Labute approximate surface area is 153 Å². The average molecular weight is 390 g/mol. The van der Waals surface area contributed by atoms with Crippen LogP contribution in [0.4, 0.5) is 0 Å². The molecule has 0 saturated heterocycles. The van der Waals surface area contributed by atoms with Crippen molar-refractivity contribution in [3.63, 3.8) is 0 Å². The van der Waals surface area contributed by atoms with Crippen molar-refractivity contribution in [2.45, 2.75) is 50.9 Å². The summed E-state index contributed by atoms with van der Waals surface area (Å²) < 4.78 is 0. The number of carboxylic acids is 3. The fourth-order valence-electron chi connectivity index (χ4n) is 1.72. The average Bonchev–Trinajstić information content (AvgIpc) is 2.52. The van der Waals surface area contributed by atoms with Crippen LogP contribution in [0.25, 0.3) is 0 Å². The first-order valence-corrected chi connectivity index (χ1v) is 7.68. The minimum Gasteiger partial charge on any atom is -0.481 e. The van der Waals surface area contributed by atoms with Crippen LogP contribution in [0.2, 0.25) is 0 Å². The molecule has 0 saturated carbocycles. The Morgan fingerprint density at radius 1 is 0.741 bits per heavy atom. The second-order valence-corrected chi connectivity index (χ2v) is 5.66. The Kier molecular flexibility index (Phi) is 9.42. The zero-order chi connectivity index (χ0) is 21.3. The summed E-state index contributed by atoms with van der Waals surface area (Å²) in [6, 6.07) is -5.59. The van der Waals surface area contributed by atoms with Crippen molar-refractivity contribution < 1.29 is 44.1 Å². The third-order valence-electron chi connectivity index (χ3n) is 3.22. The van der Waals surface area contributed by atoms with Crippen molar-refractivity contribution in [3.05, 3.63) is 0 Å².